The maximum Gasteiger partial charge on any atom is 0.153 e. The molecule has 7 nitrogen and oxygen atoms in total. The molecule has 2 heterocycles. The zero-order valence-corrected chi connectivity index (χ0v) is 32.1. The van der Waals surface area contributed by atoms with E-state index in [1.807, 2.05) is 25.1 Å². The third-order valence-corrected chi connectivity index (χ3v) is 9.27. The number of nitrogens with one attached hydrogen (secondary N) is 2. The van der Waals surface area contributed by atoms with E-state index in [4.69, 9.17) is 17.0 Å². The Morgan fingerprint density at radius 3 is 2.43 bits per heavy atom. The summed E-state index contributed by atoms with van der Waals surface area (Å²) in [5.74, 6) is 5.69. The van der Waals surface area contributed by atoms with Crippen LogP contribution >= 0.6 is 0 Å². The molecule has 0 saturated carbocycles. The standard InChI is InChI=1S/C23H34FN5.C17H22N2.C3H8/c1-3-5-20(16-28-11-8-17(4-2)15-28)29-12-9-18(10-13-29)19-6-7-21(22(24)14-19)23(25)27-26;1-5-7-8-15(12-18)14(4)17-11-16(19-6-2)10-9-13(17)3;1-3-2/h5-7,9,14,17H,3-4,8,10-13,15-16,26H2,1-2H3,(H2,25,27);5-7,9-12,15,18-19H,2,4,8H2,1,3H3;3H2,1-2H3/b20-5+;7-5+,18-12?;. The average Bonchev–Trinajstić information content (AvgIpc) is 3.60. The summed E-state index contributed by atoms with van der Waals surface area (Å²) in [6.45, 7) is 25.9. The van der Waals surface area contributed by atoms with Crippen molar-refractivity contribution in [3.63, 3.8) is 0 Å². The van der Waals surface area contributed by atoms with Crippen LogP contribution in [0, 0.1) is 30.0 Å². The van der Waals surface area contributed by atoms with Gasteiger partial charge >= 0.3 is 0 Å². The van der Waals surface area contributed by atoms with E-state index in [9.17, 15) is 4.39 Å². The number of rotatable bonds is 14. The molecule has 0 aromatic heterocycles. The Morgan fingerprint density at radius 2 is 1.88 bits per heavy atom. The van der Waals surface area contributed by atoms with Crippen LogP contribution in [0.4, 0.5) is 10.1 Å². The average molecular weight is 698 g/mol. The van der Waals surface area contributed by atoms with Crippen LogP contribution < -0.4 is 16.9 Å². The van der Waals surface area contributed by atoms with E-state index in [1.165, 1.54) is 61.5 Å². The van der Waals surface area contributed by atoms with Gasteiger partial charge in [0.05, 0.1) is 5.56 Å². The molecule has 51 heavy (non-hydrogen) atoms. The Balaban J connectivity index is 0.000000354. The van der Waals surface area contributed by atoms with E-state index in [1.54, 1.807) is 12.3 Å². The topological polar surface area (TPSA) is 107 Å². The van der Waals surface area contributed by atoms with Crippen LogP contribution in [0.1, 0.15) is 95.4 Å². The highest BCUT2D eigenvalue weighted by molar-refractivity contribution is 5.97. The summed E-state index contributed by atoms with van der Waals surface area (Å²) in [5.41, 5.74) is 13.6. The molecule has 0 aliphatic carbocycles. The first-order chi connectivity index (χ1) is 24.6. The summed E-state index contributed by atoms with van der Waals surface area (Å²) >= 11 is 0. The molecule has 1 saturated heterocycles. The lowest BCUT2D eigenvalue weighted by molar-refractivity contribution is 0.286. The van der Waals surface area contributed by atoms with Gasteiger partial charge in [-0.25, -0.2) is 4.39 Å². The zero-order chi connectivity index (χ0) is 37.8. The van der Waals surface area contributed by atoms with Gasteiger partial charge in [0, 0.05) is 49.7 Å². The number of hydrogen-bond acceptors (Lipinski definition) is 6. The molecule has 1 fully saturated rings. The summed E-state index contributed by atoms with van der Waals surface area (Å²) in [6, 6.07) is 11.2. The third kappa shape index (κ3) is 13.3. The van der Waals surface area contributed by atoms with E-state index >= 15 is 0 Å². The van der Waals surface area contributed by atoms with E-state index in [0.29, 0.717) is 0 Å². The normalized spacial score (nSPS) is 17.1. The number of nitrogens with two attached hydrogens (primary N) is 2. The van der Waals surface area contributed by atoms with Crippen LogP contribution in [0.15, 0.2) is 90.9 Å². The molecule has 2 aliphatic rings. The number of nitrogens with zero attached hydrogens (tertiary/aromatic N) is 3. The maximum atomic E-state index is 14.4. The van der Waals surface area contributed by atoms with Gasteiger partial charge in [-0.15, -0.1) is 0 Å². The molecule has 8 heteroatoms. The smallest absolute Gasteiger partial charge is 0.153 e. The molecule has 0 amide bonds. The number of anilines is 1. The summed E-state index contributed by atoms with van der Waals surface area (Å²) in [4.78, 5) is 5.06. The molecular weight excluding hydrogens is 634 g/mol. The molecule has 278 valence electrons. The largest absolute Gasteiger partial charge is 0.382 e. The van der Waals surface area contributed by atoms with E-state index in [-0.39, 0.29) is 23.1 Å². The number of benzene rings is 2. The first-order valence-corrected chi connectivity index (χ1v) is 18.6. The molecule has 0 bridgehead atoms. The molecule has 2 aromatic carbocycles. The van der Waals surface area contributed by atoms with Crippen molar-refractivity contribution in [2.24, 2.45) is 28.5 Å². The van der Waals surface area contributed by atoms with Gasteiger partial charge in [-0.1, -0.05) is 90.1 Å². The van der Waals surface area contributed by atoms with Crippen molar-refractivity contribution in [1.29, 1.82) is 5.41 Å². The Hall–Kier alpha value is -4.43. The molecule has 6 N–H and O–H groups in total. The van der Waals surface area contributed by atoms with Gasteiger partial charge in [-0.3, -0.25) is 4.90 Å². The number of amidine groups is 1. The Labute approximate surface area is 308 Å². The number of allylic oxidation sites excluding steroid dienone is 4. The van der Waals surface area contributed by atoms with Crippen LogP contribution in [0.5, 0.6) is 0 Å². The maximum absolute atomic E-state index is 14.4. The third-order valence-electron chi connectivity index (χ3n) is 9.27. The van der Waals surface area contributed by atoms with Crippen LogP contribution in [0.25, 0.3) is 11.1 Å². The number of halogens is 1. The summed E-state index contributed by atoms with van der Waals surface area (Å²) in [5, 5.41) is 14.0. The van der Waals surface area contributed by atoms with Crippen molar-refractivity contribution in [3.8, 4) is 0 Å². The van der Waals surface area contributed by atoms with E-state index in [2.05, 4.69) is 98.4 Å². The highest BCUT2D eigenvalue weighted by atomic mass is 19.1. The minimum Gasteiger partial charge on any atom is -0.382 e. The lowest BCUT2D eigenvalue weighted by Gasteiger charge is -2.33. The van der Waals surface area contributed by atoms with Crippen LogP contribution in [-0.4, -0.2) is 54.6 Å². The number of aryl methyl sites for hydroxylation is 1. The van der Waals surface area contributed by atoms with Crippen LogP contribution in [-0.2, 0) is 0 Å². The Morgan fingerprint density at radius 1 is 1.14 bits per heavy atom. The van der Waals surface area contributed by atoms with E-state index < -0.39 is 0 Å². The summed E-state index contributed by atoms with van der Waals surface area (Å²) < 4.78 is 14.4. The molecule has 0 radical (unpaired) electrons. The number of hydrogen-bond donors (Lipinski definition) is 4. The van der Waals surface area contributed by atoms with Gasteiger partial charge in [0.2, 0.25) is 0 Å². The molecular formula is C43H64FN7. The molecule has 0 spiro atoms. The van der Waals surface area contributed by atoms with Crippen molar-refractivity contribution < 1.29 is 4.39 Å². The second kappa shape index (κ2) is 23.1. The van der Waals surface area contributed by atoms with Crippen molar-refractivity contribution in [2.75, 3.05) is 38.0 Å². The lowest BCUT2D eigenvalue weighted by Crippen LogP contribution is -2.34. The minimum atomic E-state index is -0.386. The highest BCUT2D eigenvalue weighted by Gasteiger charge is 2.24. The number of hydrazone groups is 1. The molecule has 2 atom stereocenters. The second-order valence-electron chi connectivity index (χ2n) is 13.2. The van der Waals surface area contributed by atoms with Crippen molar-refractivity contribution >= 4 is 28.9 Å². The predicted octanol–water partition coefficient (Wildman–Crippen LogP) is 9.73. The van der Waals surface area contributed by atoms with Crippen molar-refractivity contribution in [2.45, 2.75) is 80.1 Å². The monoisotopic (exact) mass is 698 g/mol. The summed E-state index contributed by atoms with van der Waals surface area (Å²) in [6.07, 6.45) is 18.4. The van der Waals surface area contributed by atoms with Gasteiger partial charge in [-0.2, -0.15) is 5.10 Å². The SMILES string of the molecule is C=CNc1ccc(C)c(C(=C)C(C=N)C/C=C/C)c1.CC/C=C(\CN1CCC(CC)C1)N1CC=C(c2ccc(/C(N)=N/N)c(F)c2)CC1.CCC. The quantitative estimate of drug-likeness (QED) is 0.0517. The predicted molar refractivity (Wildman–Crippen MR) is 220 cm³/mol. The highest BCUT2D eigenvalue weighted by Crippen LogP contribution is 2.29. The van der Waals surface area contributed by atoms with Gasteiger partial charge in [0.25, 0.3) is 0 Å². The molecule has 2 aliphatic heterocycles. The fraction of sp³-hybridized carbons (Fsp3) is 0.442. The second-order valence-corrected chi connectivity index (χ2v) is 13.2. The lowest BCUT2D eigenvalue weighted by atomic mass is 9.89. The Kier molecular flexibility index (Phi) is 19.4. The summed E-state index contributed by atoms with van der Waals surface area (Å²) in [7, 11) is 0. The number of likely N-dealkylation sites (tertiary alicyclic amines) is 1. The fourth-order valence-electron chi connectivity index (χ4n) is 6.30. The zero-order valence-electron chi connectivity index (χ0n) is 32.1. The van der Waals surface area contributed by atoms with E-state index in [0.717, 1.165) is 67.2 Å². The van der Waals surface area contributed by atoms with Crippen LogP contribution in [0.3, 0.4) is 0 Å². The van der Waals surface area contributed by atoms with Gasteiger partial charge < -0.3 is 27.2 Å². The first-order valence-electron chi connectivity index (χ1n) is 18.6. The van der Waals surface area contributed by atoms with Crippen molar-refractivity contribution in [3.05, 3.63) is 114 Å². The fourth-order valence-corrected chi connectivity index (χ4v) is 6.30. The molecule has 2 aromatic rings. The Bertz CT molecular complexity index is 1540. The first kappa shape index (κ1) is 42.7. The van der Waals surface area contributed by atoms with Gasteiger partial charge in [0.15, 0.2) is 5.84 Å². The minimum absolute atomic E-state index is 0.0134. The van der Waals surface area contributed by atoms with Crippen molar-refractivity contribution in [1.82, 2.24) is 9.80 Å². The van der Waals surface area contributed by atoms with Gasteiger partial charge in [0.1, 0.15) is 5.82 Å². The molecule has 4 rings (SSSR count). The van der Waals surface area contributed by atoms with Gasteiger partial charge in [-0.05, 0) is 110 Å². The molecule has 2 unspecified atom stereocenters. The van der Waals surface area contributed by atoms with Crippen LogP contribution in [0.2, 0.25) is 0 Å².